The molecule has 1 aromatic carbocycles. The molecule has 98 valence electrons. The van der Waals surface area contributed by atoms with Gasteiger partial charge in [-0.25, -0.2) is 4.39 Å². The van der Waals surface area contributed by atoms with E-state index in [4.69, 9.17) is 0 Å². The first-order valence-corrected chi connectivity index (χ1v) is 7.07. The molecule has 0 aromatic heterocycles. The molecule has 18 heavy (non-hydrogen) atoms. The summed E-state index contributed by atoms with van der Waals surface area (Å²) in [6.07, 6.45) is 4.97. The highest BCUT2D eigenvalue weighted by Crippen LogP contribution is 2.26. The van der Waals surface area contributed by atoms with Gasteiger partial charge >= 0.3 is 0 Å². The molecule has 4 heteroatoms. The first kappa shape index (κ1) is 13.5. The molecule has 0 aliphatic heterocycles. The van der Waals surface area contributed by atoms with Crippen molar-refractivity contribution in [1.82, 2.24) is 4.90 Å². The summed E-state index contributed by atoms with van der Waals surface area (Å²) in [6.45, 7) is 0.799. The summed E-state index contributed by atoms with van der Waals surface area (Å²) in [5.41, 5.74) is 0.531. The van der Waals surface area contributed by atoms with Gasteiger partial charge in [-0.2, -0.15) is 0 Å². The molecule has 0 atom stereocenters. The zero-order valence-electron chi connectivity index (χ0n) is 10.5. The van der Waals surface area contributed by atoms with Gasteiger partial charge in [-0.15, -0.1) is 0 Å². The van der Waals surface area contributed by atoms with Crippen molar-refractivity contribution in [2.45, 2.75) is 25.7 Å². The van der Waals surface area contributed by atoms with Crippen molar-refractivity contribution in [2.75, 3.05) is 13.6 Å². The molecule has 0 bridgehead atoms. The van der Waals surface area contributed by atoms with Crippen LogP contribution in [0.2, 0.25) is 0 Å². The minimum absolute atomic E-state index is 0.0393. The molecule has 0 heterocycles. The summed E-state index contributed by atoms with van der Waals surface area (Å²) < 4.78 is 13.5. The molecule has 1 aliphatic rings. The highest BCUT2D eigenvalue weighted by Gasteiger charge is 2.20. The molecule has 1 saturated carbocycles. The van der Waals surface area contributed by atoms with Crippen molar-refractivity contribution in [1.29, 1.82) is 0 Å². The van der Waals surface area contributed by atoms with Crippen molar-refractivity contribution in [3.8, 4) is 0 Å². The molecular weight excluding hydrogens is 297 g/mol. The van der Waals surface area contributed by atoms with E-state index in [2.05, 4.69) is 15.9 Å². The smallest absolute Gasteiger partial charge is 0.253 e. The number of hydrogen-bond acceptors (Lipinski definition) is 1. The van der Waals surface area contributed by atoms with Gasteiger partial charge in [0.05, 0.1) is 4.47 Å². The summed E-state index contributed by atoms with van der Waals surface area (Å²) >= 11 is 3.11. The monoisotopic (exact) mass is 313 g/mol. The highest BCUT2D eigenvalue weighted by atomic mass is 79.9. The maximum Gasteiger partial charge on any atom is 0.253 e. The van der Waals surface area contributed by atoms with Gasteiger partial charge in [0.2, 0.25) is 0 Å². The Morgan fingerprint density at radius 3 is 2.72 bits per heavy atom. The Morgan fingerprint density at radius 1 is 1.44 bits per heavy atom. The van der Waals surface area contributed by atoms with Gasteiger partial charge in [-0.3, -0.25) is 4.79 Å². The average Bonchev–Trinajstić information content (AvgIpc) is 2.84. The van der Waals surface area contributed by atoms with Crippen molar-refractivity contribution in [3.63, 3.8) is 0 Å². The zero-order chi connectivity index (χ0) is 13.1. The van der Waals surface area contributed by atoms with Crippen LogP contribution in [0.5, 0.6) is 0 Å². The van der Waals surface area contributed by atoms with E-state index >= 15 is 0 Å². The third kappa shape index (κ3) is 3.10. The van der Waals surface area contributed by atoms with Crippen LogP contribution in [0.25, 0.3) is 0 Å². The van der Waals surface area contributed by atoms with Gasteiger partial charge in [0.1, 0.15) is 5.82 Å². The molecule has 2 rings (SSSR count). The molecule has 1 aromatic rings. The molecular formula is C14H17BrFNO. The number of carbonyl (C=O) groups excluding carboxylic acids is 1. The lowest BCUT2D eigenvalue weighted by atomic mass is 10.1. The molecule has 0 radical (unpaired) electrons. The Hall–Kier alpha value is -0.900. The molecule has 1 fully saturated rings. The van der Waals surface area contributed by atoms with Crippen LogP contribution < -0.4 is 0 Å². The van der Waals surface area contributed by atoms with Crippen LogP contribution in [0.1, 0.15) is 36.0 Å². The van der Waals surface area contributed by atoms with Crippen molar-refractivity contribution in [3.05, 3.63) is 34.1 Å². The number of rotatable bonds is 3. The van der Waals surface area contributed by atoms with Gasteiger partial charge in [0, 0.05) is 19.2 Å². The molecule has 0 saturated heterocycles. The quantitative estimate of drug-likeness (QED) is 0.830. The number of carbonyl (C=O) groups is 1. The molecule has 0 unspecified atom stereocenters. The maximum absolute atomic E-state index is 13.1. The fraction of sp³-hybridized carbons (Fsp3) is 0.500. The van der Waals surface area contributed by atoms with E-state index in [-0.39, 0.29) is 11.7 Å². The number of benzene rings is 1. The SMILES string of the molecule is CN(CC1CCCC1)C(=O)c1ccc(F)c(Br)c1. The minimum atomic E-state index is -0.343. The predicted molar refractivity (Wildman–Crippen MR) is 73.0 cm³/mol. The van der Waals surface area contributed by atoms with Crippen molar-refractivity contribution in [2.24, 2.45) is 5.92 Å². The predicted octanol–water partition coefficient (Wildman–Crippen LogP) is 3.85. The third-order valence-corrected chi connectivity index (χ3v) is 4.13. The second kappa shape index (κ2) is 5.83. The van der Waals surface area contributed by atoms with Crippen molar-refractivity contribution < 1.29 is 9.18 Å². The second-order valence-electron chi connectivity index (χ2n) is 4.97. The Labute approximate surface area is 115 Å². The number of amides is 1. The van der Waals surface area contributed by atoms with E-state index in [9.17, 15) is 9.18 Å². The molecule has 0 spiro atoms. The van der Waals surface area contributed by atoms with Gasteiger partial charge in [-0.05, 0) is 52.9 Å². The summed E-state index contributed by atoms with van der Waals surface area (Å²) in [4.78, 5) is 13.9. The van der Waals surface area contributed by atoms with Gasteiger partial charge < -0.3 is 4.90 Å². The third-order valence-electron chi connectivity index (χ3n) is 3.52. The highest BCUT2D eigenvalue weighted by molar-refractivity contribution is 9.10. The number of hydrogen-bond donors (Lipinski definition) is 0. The van der Waals surface area contributed by atoms with E-state index in [1.54, 1.807) is 11.0 Å². The van der Waals surface area contributed by atoms with E-state index in [1.165, 1.54) is 37.8 Å². The minimum Gasteiger partial charge on any atom is -0.341 e. The summed E-state index contributed by atoms with van der Waals surface area (Å²) in [5.74, 6) is 0.246. The molecule has 1 aliphatic carbocycles. The standard InChI is InChI=1S/C14H17BrFNO/c1-17(9-10-4-2-3-5-10)14(18)11-6-7-13(16)12(15)8-11/h6-8,10H,2-5,9H2,1H3. The zero-order valence-corrected chi connectivity index (χ0v) is 12.0. The Kier molecular flexibility index (Phi) is 4.38. The van der Waals surface area contributed by atoms with E-state index in [0.29, 0.717) is 16.0 Å². The van der Waals surface area contributed by atoms with Gasteiger partial charge in [0.15, 0.2) is 0 Å². The topological polar surface area (TPSA) is 20.3 Å². The Bertz CT molecular complexity index is 443. The van der Waals surface area contributed by atoms with Crippen molar-refractivity contribution >= 4 is 21.8 Å². The van der Waals surface area contributed by atoms with Gasteiger partial charge in [0.25, 0.3) is 5.91 Å². The van der Waals surface area contributed by atoms with Crippen LogP contribution in [0.15, 0.2) is 22.7 Å². The maximum atomic E-state index is 13.1. The van der Waals surface area contributed by atoms with Crippen LogP contribution in [0.4, 0.5) is 4.39 Å². The van der Waals surface area contributed by atoms with Crippen LogP contribution >= 0.6 is 15.9 Å². The Balaban J connectivity index is 2.02. The molecule has 1 amide bonds. The van der Waals surface area contributed by atoms with Crippen LogP contribution in [0, 0.1) is 11.7 Å². The van der Waals surface area contributed by atoms with E-state index < -0.39 is 0 Å². The first-order chi connectivity index (χ1) is 8.58. The summed E-state index contributed by atoms with van der Waals surface area (Å²) in [5, 5.41) is 0. The first-order valence-electron chi connectivity index (χ1n) is 6.28. The number of nitrogens with zero attached hydrogens (tertiary/aromatic N) is 1. The lowest BCUT2D eigenvalue weighted by Crippen LogP contribution is -2.31. The van der Waals surface area contributed by atoms with Crippen LogP contribution in [0.3, 0.4) is 0 Å². The lowest BCUT2D eigenvalue weighted by Gasteiger charge is -2.21. The van der Waals surface area contributed by atoms with E-state index in [1.807, 2.05) is 7.05 Å². The second-order valence-corrected chi connectivity index (χ2v) is 5.82. The Morgan fingerprint density at radius 2 is 2.11 bits per heavy atom. The largest absolute Gasteiger partial charge is 0.341 e. The van der Waals surface area contributed by atoms with Crippen LogP contribution in [-0.2, 0) is 0 Å². The fourth-order valence-electron chi connectivity index (χ4n) is 2.51. The van der Waals surface area contributed by atoms with Crippen LogP contribution in [-0.4, -0.2) is 24.4 Å². The fourth-order valence-corrected chi connectivity index (χ4v) is 2.89. The van der Waals surface area contributed by atoms with E-state index in [0.717, 1.165) is 6.54 Å². The lowest BCUT2D eigenvalue weighted by molar-refractivity contribution is 0.0773. The summed E-state index contributed by atoms with van der Waals surface area (Å²) in [7, 11) is 1.82. The molecule has 2 nitrogen and oxygen atoms in total. The average molecular weight is 314 g/mol. The summed E-state index contributed by atoms with van der Waals surface area (Å²) in [6, 6.07) is 4.40. The number of halogens is 2. The normalized spacial score (nSPS) is 15.9. The molecule has 0 N–H and O–H groups in total. The van der Waals surface area contributed by atoms with Gasteiger partial charge in [-0.1, -0.05) is 12.8 Å².